The molecule has 0 nitrogen and oxygen atoms in total. The van der Waals surface area contributed by atoms with Crippen LogP contribution < -0.4 is 0 Å². The van der Waals surface area contributed by atoms with Crippen LogP contribution in [0, 0.1) is 12.0 Å². The van der Waals surface area contributed by atoms with Crippen molar-refractivity contribution in [1.82, 2.24) is 0 Å². The van der Waals surface area contributed by atoms with Gasteiger partial charge >= 0.3 is 0 Å². The van der Waals surface area contributed by atoms with Gasteiger partial charge in [-0.2, -0.15) is 29.3 Å². The van der Waals surface area contributed by atoms with Gasteiger partial charge in [-0.15, -0.1) is 23.9 Å². The molecule has 2 atom stereocenters. The van der Waals surface area contributed by atoms with E-state index in [1.165, 1.54) is 39.3 Å². The van der Waals surface area contributed by atoms with E-state index < -0.39 is 0 Å². The van der Waals surface area contributed by atoms with Crippen molar-refractivity contribution in [2.24, 2.45) is 5.92 Å². The molecule has 0 amide bonds. The van der Waals surface area contributed by atoms with E-state index in [0.29, 0.717) is 0 Å². The maximum absolute atomic E-state index is 3.52. The number of thiophene rings is 1. The number of benzene rings is 1. The summed E-state index contributed by atoms with van der Waals surface area (Å²) in [6, 6.07) is 12.1. The molecule has 1 radical (unpaired) electrons. The van der Waals surface area contributed by atoms with Gasteiger partial charge < -0.3 is 0 Å². The first-order valence-corrected chi connectivity index (χ1v) is 9.50. The first kappa shape index (κ1) is 16.4. The van der Waals surface area contributed by atoms with Crippen molar-refractivity contribution >= 4 is 44.9 Å². The summed E-state index contributed by atoms with van der Waals surface area (Å²) in [4.78, 5) is 0. The van der Waals surface area contributed by atoms with Gasteiger partial charge in [-0.3, -0.25) is 0 Å². The molecule has 1 aliphatic rings. The van der Waals surface area contributed by atoms with E-state index >= 15 is 0 Å². The Kier molecular flexibility index (Phi) is 6.75. The van der Waals surface area contributed by atoms with Gasteiger partial charge in [0.05, 0.1) is 0 Å². The molecule has 1 heterocycles. The smallest absolute Gasteiger partial charge is 0.00473 e. The van der Waals surface area contributed by atoms with E-state index in [2.05, 4.69) is 36.6 Å². The molecule has 4 heteroatoms. The molecule has 0 spiro atoms. The van der Waals surface area contributed by atoms with E-state index in [1.54, 1.807) is 0 Å². The van der Waals surface area contributed by atoms with E-state index in [0.717, 1.165) is 11.2 Å². The fraction of sp³-hybridized carbons (Fsp3) is 0.467. The summed E-state index contributed by atoms with van der Waals surface area (Å²) in [6.07, 6.45) is 6.50. The molecule has 3 rings (SSSR count). The van der Waals surface area contributed by atoms with Crippen LogP contribution in [0.1, 0.15) is 19.3 Å². The van der Waals surface area contributed by atoms with Crippen LogP contribution in [0.25, 0.3) is 10.1 Å². The van der Waals surface area contributed by atoms with Crippen molar-refractivity contribution in [2.45, 2.75) is 28.7 Å². The molecule has 19 heavy (non-hydrogen) atoms. The number of fused-ring (bicyclic) bond motifs is 1. The van der Waals surface area contributed by atoms with Gasteiger partial charge in [0.1, 0.15) is 0 Å². The van der Waals surface area contributed by atoms with Gasteiger partial charge in [0.2, 0.25) is 0 Å². The van der Waals surface area contributed by atoms with Crippen LogP contribution in [0.5, 0.6) is 0 Å². The Morgan fingerprint density at radius 2 is 2.16 bits per heavy atom. The molecule has 1 aromatic heterocycles. The summed E-state index contributed by atoms with van der Waals surface area (Å²) in [5, 5.41) is 2.19. The fourth-order valence-electron chi connectivity index (χ4n) is 2.55. The summed E-state index contributed by atoms with van der Waals surface area (Å²) in [7, 11) is 0. The first-order chi connectivity index (χ1) is 8.85. The predicted molar refractivity (Wildman–Crippen MR) is 86.0 cm³/mol. The van der Waals surface area contributed by atoms with E-state index in [9.17, 15) is 0 Å². The molecular formula is C15H17S3Y-. The molecule has 1 saturated carbocycles. The zero-order valence-electron chi connectivity index (χ0n) is 11.1. The van der Waals surface area contributed by atoms with Crippen LogP contribution in [-0.2, 0) is 32.7 Å². The zero-order valence-corrected chi connectivity index (χ0v) is 16.4. The van der Waals surface area contributed by atoms with Crippen molar-refractivity contribution in [3.8, 4) is 0 Å². The minimum Gasteiger partial charge on any atom is -0.212 e. The summed E-state index contributed by atoms with van der Waals surface area (Å²) in [6.45, 7) is 0. The van der Waals surface area contributed by atoms with Crippen molar-refractivity contribution in [3.63, 3.8) is 0 Å². The monoisotopic (exact) mass is 382 g/mol. The molecule has 99 valence electrons. The molecule has 0 aliphatic heterocycles. The summed E-state index contributed by atoms with van der Waals surface area (Å²) >= 11 is 5.95. The molecule has 0 N–H and O–H groups in total. The Morgan fingerprint density at radius 3 is 2.89 bits per heavy atom. The molecule has 0 bridgehead atoms. The Hall–Kier alpha value is 0.984. The second-order valence-electron chi connectivity index (χ2n) is 4.86. The third-order valence-electron chi connectivity index (χ3n) is 3.60. The van der Waals surface area contributed by atoms with Gasteiger partial charge in [0, 0.05) is 43.7 Å². The van der Waals surface area contributed by atoms with Crippen molar-refractivity contribution in [1.29, 1.82) is 0 Å². The van der Waals surface area contributed by atoms with Crippen LogP contribution in [0.15, 0.2) is 28.5 Å². The Labute approximate surface area is 153 Å². The average molecular weight is 382 g/mol. The quantitative estimate of drug-likeness (QED) is 0.518. The van der Waals surface area contributed by atoms with Crippen molar-refractivity contribution < 1.29 is 32.7 Å². The first-order valence-electron chi connectivity index (χ1n) is 6.41. The summed E-state index contributed by atoms with van der Waals surface area (Å²) < 4.78 is 2.73. The van der Waals surface area contributed by atoms with Crippen molar-refractivity contribution in [3.05, 3.63) is 30.3 Å². The minimum absolute atomic E-state index is 0. The number of rotatable bonds is 4. The molecule has 0 saturated heterocycles. The van der Waals surface area contributed by atoms with Crippen LogP contribution in [0.4, 0.5) is 0 Å². The van der Waals surface area contributed by atoms with Crippen LogP contribution >= 0.6 is 34.9 Å². The average Bonchev–Trinajstić information content (AvgIpc) is 3.02. The maximum Gasteiger partial charge on any atom is 0.00473 e. The molecule has 2 unspecified atom stereocenters. The third-order valence-corrected chi connectivity index (χ3v) is 7.17. The second kappa shape index (κ2) is 7.84. The van der Waals surface area contributed by atoms with Gasteiger partial charge in [-0.25, -0.2) is 11.3 Å². The molecule has 1 fully saturated rings. The normalized spacial score (nSPS) is 22.6. The molecule has 1 aliphatic carbocycles. The number of thioether (sulfide) groups is 2. The van der Waals surface area contributed by atoms with Crippen LogP contribution in [0.2, 0.25) is 0 Å². The van der Waals surface area contributed by atoms with E-state index in [1.807, 2.05) is 34.9 Å². The molecule has 2 aromatic rings. The topological polar surface area (TPSA) is 0 Å². The van der Waals surface area contributed by atoms with E-state index in [4.69, 9.17) is 0 Å². The summed E-state index contributed by atoms with van der Waals surface area (Å²) in [5.41, 5.74) is 0. The SMILES string of the molecule is CSC1CCC(CSc2[c-]c3ccccc3s2)C1.[Y]. The maximum atomic E-state index is 3.52. The second-order valence-corrected chi connectivity index (χ2v) is 8.34. The van der Waals surface area contributed by atoms with Crippen molar-refractivity contribution in [2.75, 3.05) is 12.0 Å². The van der Waals surface area contributed by atoms with Crippen LogP contribution in [0.3, 0.4) is 0 Å². The zero-order chi connectivity index (χ0) is 12.4. The standard InChI is InChI=1S/C15H17S3.Y/c1-16-13-7-6-11(8-13)10-17-15-9-12-4-2-3-5-14(12)18-15;/h2-5,11,13H,6-8,10H2,1H3;/q-1;. The third kappa shape index (κ3) is 4.23. The number of hydrogen-bond donors (Lipinski definition) is 0. The van der Waals surface area contributed by atoms with Gasteiger partial charge in [-0.05, 0) is 35.6 Å². The Balaban J connectivity index is 0.00000133. The summed E-state index contributed by atoms with van der Waals surface area (Å²) in [5.74, 6) is 2.20. The predicted octanol–water partition coefficient (Wildman–Crippen LogP) is 5.32. The number of hydrogen-bond acceptors (Lipinski definition) is 3. The minimum atomic E-state index is 0. The van der Waals surface area contributed by atoms with E-state index in [-0.39, 0.29) is 32.7 Å². The van der Waals surface area contributed by atoms with Gasteiger partial charge in [0.25, 0.3) is 0 Å². The Morgan fingerprint density at radius 1 is 1.32 bits per heavy atom. The van der Waals surface area contributed by atoms with Gasteiger partial charge in [0.15, 0.2) is 0 Å². The van der Waals surface area contributed by atoms with Crippen LogP contribution in [-0.4, -0.2) is 17.3 Å². The molecular weight excluding hydrogens is 365 g/mol. The largest absolute Gasteiger partial charge is 0.212 e. The Bertz CT molecular complexity index is 490. The fourth-order valence-corrected chi connectivity index (χ4v) is 5.70. The van der Waals surface area contributed by atoms with Gasteiger partial charge in [-0.1, -0.05) is 10.8 Å². The molecule has 1 aromatic carbocycles.